The first-order valence-corrected chi connectivity index (χ1v) is 12.1. The average molecular weight is 530 g/mol. The first-order valence-electron chi connectivity index (χ1n) is 11.0. The lowest BCUT2D eigenvalue weighted by Crippen LogP contribution is -2.31. The van der Waals surface area contributed by atoms with Crippen LogP contribution in [0, 0.1) is 5.41 Å². The third-order valence-electron chi connectivity index (χ3n) is 5.83. The summed E-state index contributed by atoms with van der Waals surface area (Å²) in [6.07, 6.45) is 0.582. The molecule has 0 fully saturated rings. The number of aromatic nitrogens is 2. The monoisotopic (exact) mass is 528 g/mol. The van der Waals surface area contributed by atoms with Gasteiger partial charge in [0.1, 0.15) is 0 Å². The van der Waals surface area contributed by atoms with E-state index in [0.717, 1.165) is 0 Å². The maximum absolute atomic E-state index is 12.9. The first kappa shape index (κ1) is 25.0. The summed E-state index contributed by atoms with van der Waals surface area (Å²) < 4.78 is 3.43. The standard InChI is InChI=1S/C26H23Cl3N4O2/c1-31(25(35)19-6-2-3-7-20(19)28)14-5-15-32-24-21(29)8-4-9-22(24)33(26(32)30)16-23(34)17-10-12-18(27)13-11-17/h2-4,6-13,30H,5,14-16H2,1H3. The van der Waals surface area contributed by atoms with Crippen LogP contribution in [0.25, 0.3) is 11.0 Å². The van der Waals surface area contributed by atoms with Crippen LogP contribution in [0.4, 0.5) is 0 Å². The average Bonchev–Trinajstić information content (AvgIpc) is 3.11. The predicted octanol–water partition coefficient (Wildman–Crippen LogP) is 5.93. The van der Waals surface area contributed by atoms with Crippen molar-refractivity contribution in [1.29, 1.82) is 5.41 Å². The van der Waals surface area contributed by atoms with Crippen LogP contribution in [-0.4, -0.2) is 39.3 Å². The number of hydrogen-bond donors (Lipinski definition) is 1. The Morgan fingerprint density at radius 3 is 2.29 bits per heavy atom. The second-order valence-electron chi connectivity index (χ2n) is 8.16. The summed E-state index contributed by atoms with van der Waals surface area (Å²) in [5.74, 6) is -0.301. The number of carbonyl (C=O) groups is 2. The molecule has 180 valence electrons. The number of imidazole rings is 1. The predicted molar refractivity (Wildman–Crippen MR) is 140 cm³/mol. The van der Waals surface area contributed by atoms with E-state index in [4.69, 9.17) is 40.2 Å². The number of para-hydroxylation sites is 1. The van der Waals surface area contributed by atoms with Gasteiger partial charge < -0.3 is 14.0 Å². The van der Waals surface area contributed by atoms with E-state index in [0.29, 0.717) is 56.7 Å². The Balaban J connectivity index is 1.55. The second kappa shape index (κ2) is 10.7. The summed E-state index contributed by atoms with van der Waals surface area (Å²) in [5, 5.41) is 10.2. The van der Waals surface area contributed by atoms with Crippen molar-refractivity contribution in [2.75, 3.05) is 13.6 Å². The molecule has 0 aliphatic carbocycles. The fourth-order valence-electron chi connectivity index (χ4n) is 4.01. The number of aryl methyl sites for hydroxylation is 1. The minimum absolute atomic E-state index is 0.00476. The highest BCUT2D eigenvalue weighted by atomic mass is 35.5. The zero-order valence-corrected chi connectivity index (χ0v) is 21.2. The molecule has 0 aliphatic heterocycles. The highest BCUT2D eigenvalue weighted by molar-refractivity contribution is 6.35. The molecule has 0 unspecified atom stereocenters. The van der Waals surface area contributed by atoms with Gasteiger partial charge in [0.15, 0.2) is 5.78 Å². The number of fused-ring (bicyclic) bond motifs is 1. The van der Waals surface area contributed by atoms with Crippen molar-refractivity contribution in [2.45, 2.75) is 19.5 Å². The van der Waals surface area contributed by atoms with E-state index in [1.54, 1.807) is 81.7 Å². The summed E-state index contributed by atoms with van der Waals surface area (Å²) >= 11 is 18.6. The minimum Gasteiger partial charge on any atom is -0.342 e. The topological polar surface area (TPSA) is 71.1 Å². The van der Waals surface area contributed by atoms with Gasteiger partial charge in [-0.3, -0.25) is 15.0 Å². The summed E-state index contributed by atoms with van der Waals surface area (Å²) in [4.78, 5) is 27.3. The zero-order chi connectivity index (χ0) is 25.1. The Morgan fingerprint density at radius 2 is 1.57 bits per heavy atom. The molecule has 3 aromatic carbocycles. The second-order valence-corrected chi connectivity index (χ2v) is 9.41. The molecule has 6 nitrogen and oxygen atoms in total. The van der Waals surface area contributed by atoms with Crippen LogP contribution in [0.1, 0.15) is 27.1 Å². The van der Waals surface area contributed by atoms with Crippen LogP contribution in [0.5, 0.6) is 0 Å². The van der Waals surface area contributed by atoms with Gasteiger partial charge in [-0.05, 0) is 55.0 Å². The summed E-state index contributed by atoms with van der Waals surface area (Å²) in [6, 6.07) is 19.0. The number of halogens is 3. The molecule has 1 amide bonds. The van der Waals surface area contributed by atoms with E-state index < -0.39 is 0 Å². The Kier molecular flexibility index (Phi) is 7.65. The number of rotatable bonds is 8. The molecule has 9 heteroatoms. The molecule has 35 heavy (non-hydrogen) atoms. The molecule has 4 aromatic rings. The van der Waals surface area contributed by atoms with Gasteiger partial charge in [-0.25, -0.2) is 0 Å². The van der Waals surface area contributed by atoms with Crippen molar-refractivity contribution >= 4 is 57.5 Å². The number of amides is 1. The molecule has 1 N–H and O–H groups in total. The van der Waals surface area contributed by atoms with Crippen molar-refractivity contribution in [1.82, 2.24) is 14.0 Å². The van der Waals surface area contributed by atoms with Crippen LogP contribution in [-0.2, 0) is 13.1 Å². The molecule has 1 heterocycles. The zero-order valence-electron chi connectivity index (χ0n) is 19.0. The Hall–Kier alpha value is -3.06. The molecule has 4 rings (SSSR count). The van der Waals surface area contributed by atoms with Gasteiger partial charge in [-0.1, -0.05) is 53.0 Å². The van der Waals surface area contributed by atoms with Gasteiger partial charge in [0.05, 0.1) is 33.2 Å². The van der Waals surface area contributed by atoms with Crippen molar-refractivity contribution in [3.8, 4) is 0 Å². The van der Waals surface area contributed by atoms with Gasteiger partial charge in [0.2, 0.25) is 5.62 Å². The Labute approximate surface area is 217 Å². The summed E-state index contributed by atoms with van der Waals surface area (Å²) in [6.45, 7) is 0.897. The van der Waals surface area contributed by atoms with E-state index in [9.17, 15) is 9.59 Å². The van der Waals surface area contributed by atoms with E-state index in [2.05, 4.69) is 0 Å². The summed E-state index contributed by atoms with van der Waals surface area (Å²) in [7, 11) is 1.72. The SMILES string of the molecule is CN(CCCn1c(=N)n(CC(=O)c2ccc(Cl)cc2)c2cccc(Cl)c21)C(=O)c1ccccc1Cl. The van der Waals surface area contributed by atoms with Crippen molar-refractivity contribution in [2.24, 2.45) is 0 Å². The van der Waals surface area contributed by atoms with Crippen molar-refractivity contribution < 1.29 is 9.59 Å². The van der Waals surface area contributed by atoms with Crippen LogP contribution in [0.2, 0.25) is 15.1 Å². The van der Waals surface area contributed by atoms with E-state index in [1.807, 2.05) is 6.07 Å². The highest BCUT2D eigenvalue weighted by Crippen LogP contribution is 2.24. The van der Waals surface area contributed by atoms with Gasteiger partial charge >= 0.3 is 0 Å². The lowest BCUT2D eigenvalue weighted by Gasteiger charge is -2.18. The number of benzene rings is 3. The van der Waals surface area contributed by atoms with E-state index >= 15 is 0 Å². The number of nitrogens with zero attached hydrogens (tertiary/aromatic N) is 3. The number of ketones is 1. The van der Waals surface area contributed by atoms with Crippen LogP contribution >= 0.6 is 34.8 Å². The maximum atomic E-state index is 12.9. The number of nitrogens with one attached hydrogen (secondary N) is 1. The molecular weight excluding hydrogens is 507 g/mol. The fraction of sp³-hybridized carbons (Fsp3) is 0.192. The number of hydrogen-bond acceptors (Lipinski definition) is 3. The normalized spacial score (nSPS) is 11.1. The van der Waals surface area contributed by atoms with Gasteiger partial charge in [-0.2, -0.15) is 0 Å². The number of carbonyl (C=O) groups excluding carboxylic acids is 2. The van der Waals surface area contributed by atoms with Crippen molar-refractivity contribution in [3.63, 3.8) is 0 Å². The number of Topliss-reactive ketones (excluding diaryl/α,β-unsaturated/α-hetero) is 1. The van der Waals surface area contributed by atoms with Crippen LogP contribution in [0.3, 0.4) is 0 Å². The first-order chi connectivity index (χ1) is 16.8. The smallest absolute Gasteiger partial charge is 0.255 e. The largest absolute Gasteiger partial charge is 0.342 e. The molecular formula is C26H23Cl3N4O2. The van der Waals surface area contributed by atoms with E-state index in [1.165, 1.54) is 0 Å². The maximum Gasteiger partial charge on any atom is 0.255 e. The molecule has 0 saturated carbocycles. The molecule has 0 spiro atoms. The van der Waals surface area contributed by atoms with Gasteiger partial charge in [0.25, 0.3) is 5.91 Å². The lowest BCUT2D eigenvalue weighted by molar-refractivity contribution is 0.0791. The molecule has 0 aliphatic rings. The highest BCUT2D eigenvalue weighted by Gasteiger charge is 2.18. The third kappa shape index (κ3) is 5.30. The molecule has 0 saturated heterocycles. The minimum atomic E-state index is -0.166. The lowest BCUT2D eigenvalue weighted by atomic mass is 10.1. The molecule has 0 bridgehead atoms. The fourth-order valence-corrected chi connectivity index (χ4v) is 4.63. The van der Waals surface area contributed by atoms with E-state index in [-0.39, 0.29) is 23.9 Å². The van der Waals surface area contributed by atoms with Crippen LogP contribution in [0.15, 0.2) is 66.7 Å². The third-order valence-corrected chi connectivity index (χ3v) is 6.72. The Bertz CT molecular complexity index is 1460. The van der Waals surface area contributed by atoms with Crippen LogP contribution < -0.4 is 5.62 Å². The molecule has 0 radical (unpaired) electrons. The Morgan fingerprint density at radius 1 is 0.886 bits per heavy atom. The van der Waals surface area contributed by atoms with Crippen molar-refractivity contribution in [3.05, 3.63) is 98.5 Å². The summed E-state index contributed by atoms with van der Waals surface area (Å²) in [5.41, 5.74) is 2.51. The quantitative estimate of drug-likeness (QED) is 0.288. The molecule has 1 aromatic heterocycles. The van der Waals surface area contributed by atoms with Gasteiger partial charge in [0, 0.05) is 30.7 Å². The van der Waals surface area contributed by atoms with Gasteiger partial charge in [-0.15, -0.1) is 0 Å². The molecule has 0 atom stereocenters.